The molecule has 0 aromatic carbocycles. The number of carboxylic acid groups (broad SMARTS) is 1. The Labute approximate surface area is 80.3 Å². The van der Waals surface area contributed by atoms with Crippen LogP contribution in [0.1, 0.15) is 47.0 Å². The van der Waals surface area contributed by atoms with E-state index in [0.29, 0.717) is 5.92 Å². The van der Waals surface area contributed by atoms with E-state index in [0.717, 1.165) is 19.3 Å². The average Bonchev–Trinajstić information content (AvgIpc) is 1.79. The van der Waals surface area contributed by atoms with Crippen molar-refractivity contribution in [3.63, 3.8) is 0 Å². The van der Waals surface area contributed by atoms with Crippen molar-refractivity contribution in [1.29, 1.82) is 0 Å². The zero-order valence-corrected chi connectivity index (χ0v) is 9.05. The van der Waals surface area contributed by atoms with Gasteiger partial charge >= 0.3 is 5.97 Å². The molecule has 0 heterocycles. The summed E-state index contributed by atoms with van der Waals surface area (Å²) in [6.07, 6.45) is 2.78. The van der Waals surface area contributed by atoms with E-state index in [1.807, 2.05) is 6.92 Å². The summed E-state index contributed by atoms with van der Waals surface area (Å²) in [6.45, 7) is 8.38. The number of rotatable bonds is 1. The van der Waals surface area contributed by atoms with E-state index in [-0.39, 0.29) is 5.41 Å². The van der Waals surface area contributed by atoms with Gasteiger partial charge in [0.15, 0.2) is 0 Å². The van der Waals surface area contributed by atoms with Crippen LogP contribution in [0.2, 0.25) is 0 Å². The van der Waals surface area contributed by atoms with Crippen LogP contribution in [0.15, 0.2) is 0 Å². The van der Waals surface area contributed by atoms with Crippen LogP contribution < -0.4 is 0 Å². The van der Waals surface area contributed by atoms with Crippen LogP contribution >= 0.6 is 0 Å². The smallest absolute Gasteiger partial charge is 0.309 e. The fraction of sp³-hybridized carbons (Fsp3) is 0.909. The van der Waals surface area contributed by atoms with Gasteiger partial charge in [0.05, 0.1) is 5.41 Å². The van der Waals surface area contributed by atoms with Crippen molar-refractivity contribution in [2.75, 3.05) is 0 Å². The molecule has 0 aromatic heterocycles. The minimum atomic E-state index is -0.632. The molecule has 1 aliphatic rings. The molecule has 13 heavy (non-hydrogen) atoms. The predicted octanol–water partition coefficient (Wildman–Crippen LogP) is 2.92. The third-order valence-corrected chi connectivity index (χ3v) is 3.09. The topological polar surface area (TPSA) is 37.3 Å². The summed E-state index contributed by atoms with van der Waals surface area (Å²) in [5.41, 5.74) is -0.314. The molecule has 0 amide bonds. The van der Waals surface area contributed by atoms with Crippen LogP contribution in [-0.4, -0.2) is 11.1 Å². The summed E-state index contributed by atoms with van der Waals surface area (Å²) < 4.78 is 0. The molecule has 76 valence electrons. The van der Waals surface area contributed by atoms with Crippen molar-refractivity contribution in [2.24, 2.45) is 16.7 Å². The second-order valence-electron chi connectivity index (χ2n) is 5.72. The van der Waals surface area contributed by atoms with E-state index in [1.54, 1.807) is 0 Å². The molecule has 0 unspecified atom stereocenters. The summed E-state index contributed by atoms with van der Waals surface area (Å²) in [5.74, 6) is -0.100. The van der Waals surface area contributed by atoms with Gasteiger partial charge in [-0.1, -0.05) is 20.8 Å². The standard InChI is InChI=1S/C11H20O2/c1-8-5-10(2,3)7-11(4,6-8)9(12)13/h8H,5-7H2,1-4H3,(H,12,13)/t8-,11-/m0/s1. The molecule has 2 atom stereocenters. The monoisotopic (exact) mass is 184 g/mol. The normalized spacial score (nSPS) is 38.6. The van der Waals surface area contributed by atoms with Gasteiger partial charge in [-0.15, -0.1) is 0 Å². The summed E-state index contributed by atoms with van der Waals surface area (Å²) in [4.78, 5) is 11.1. The molecule has 1 N–H and O–H groups in total. The van der Waals surface area contributed by atoms with Crippen molar-refractivity contribution in [2.45, 2.75) is 47.0 Å². The van der Waals surface area contributed by atoms with Gasteiger partial charge in [-0.3, -0.25) is 4.79 Å². The van der Waals surface area contributed by atoms with Gasteiger partial charge in [0, 0.05) is 0 Å². The van der Waals surface area contributed by atoms with Crippen LogP contribution in [0.25, 0.3) is 0 Å². The number of hydrogen-bond donors (Lipinski definition) is 1. The maximum absolute atomic E-state index is 11.1. The largest absolute Gasteiger partial charge is 0.481 e. The third-order valence-electron chi connectivity index (χ3n) is 3.09. The molecule has 0 aromatic rings. The Morgan fingerprint density at radius 3 is 2.23 bits per heavy atom. The van der Waals surface area contributed by atoms with Gasteiger partial charge in [0.1, 0.15) is 0 Å². The van der Waals surface area contributed by atoms with E-state index in [1.165, 1.54) is 0 Å². The second-order valence-corrected chi connectivity index (χ2v) is 5.72. The molecule has 2 heteroatoms. The molecule has 0 bridgehead atoms. The highest BCUT2D eigenvalue weighted by Crippen LogP contribution is 2.48. The Kier molecular flexibility index (Phi) is 2.44. The number of carboxylic acids is 1. The minimum absolute atomic E-state index is 0.185. The summed E-state index contributed by atoms with van der Waals surface area (Å²) in [7, 11) is 0. The lowest BCUT2D eigenvalue weighted by molar-refractivity contribution is -0.153. The lowest BCUT2D eigenvalue weighted by Crippen LogP contribution is -2.40. The van der Waals surface area contributed by atoms with Gasteiger partial charge in [0.2, 0.25) is 0 Å². The average molecular weight is 184 g/mol. The fourth-order valence-corrected chi connectivity index (χ4v) is 3.15. The fourth-order valence-electron chi connectivity index (χ4n) is 3.15. The second kappa shape index (κ2) is 3.00. The maximum Gasteiger partial charge on any atom is 0.309 e. The highest BCUT2D eigenvalue weighted by molar-refractivity contribution is 5.74. The van der Waals surface area contributed by atoms with Gasteiger partial charge < -0.3 is 5.11 Å². The molecule has 1 saturated carbocycles. The zero-order valence-electron chi connectivity index (χ0n) is 9.05. The Balaban J connectivity index is 2.84. The van der Waals surface area contributed by atoms with Crippen LogP contribution in [-0.2, 0) is 4.79 Å². The predicted molar refractivity (Wildman–Crippen MR) is 52.5 cm³/mol. The van der Waals surface area contributed by atoms with Gasteiger partial charge in [-0.05, 0) is 37.5 Å². The first-order valence-electron chi connectivity index (χ1n) is 4.99. The summed E-state index contributed by atoms with van der Waals surface area (Å²) in [5, 5.41) is 9.15. The quantitative estimate of drug-likeness (QED) is 0.680. The highest BCUT2D eigenvalue weighted by atomic mass is 16.4. The van der Waals surface area contributed by atoms with Gasteiger partial charge in [0.25, 0.3) is 0 Å². The molecule has 0 aliphatic heterocycles. The van der Waals surface area contributed by atoms with Crippen molar-refractivity contribution in [3.05, 3.63) is 0 Å². The number of hydrogen-bond acceptors (Lipinski definition) is 1. The first kappa shape index (κ1) is 10.6. The molecular formula is C11H20O2. The van der Waals surface area contributed by atoms with Gasteiger partial charge in [-0.25, -0.2) is 0 Å². The molecule has 0 saturated heterocycles. The molecular weight excluding hydrogens is 164 g/mol. The van der Waals surface area contributed by atoms with Gasteiger partial charge in [-0.2, -0.15) is 0 Å². The Bertz CT molecular complexity index is 220. The Hall–Kier alpha value is -0.530. The van der Waals surface area contributed by atoms with Crippen LogP contribution in [0.4, 0.5) is 0 Å². The number of aliphatic carboxylic acids is 1. The molecule has 1 rings (SSSR count). The molecule has 1 aliphatic carbocycles. The Morgan fingerprint density at radius 1 is 1.31 bits per heavy atom. The van der Waals surface area contributed by atoms with Crippen molar-refractivity contribution < 1.29 is 9.90 Å². The van der Waals surface area contributed by atoms with Crippen molar-refractivity contribution in [1.82, 2.24) is 0 Å². The summed E-state index contributed by atoms with van der Waals surface area (Å²) in [6, 6.07) is 0. The SMILES string of the molecule is C[C@H]1CC(C)(C)C[C@@](C)(C(=O)O)C1. The maximum atomic E-state index is 11.1. The van der Waals surface area contributed by atoms with E-state index >= 15 is 0 Å². The number of carbonyl (C=O) groups is 1. The zero-order chi connectivity index (χ0) is 10.3. The Morgan fingerprint density at radius 2 is 1.85 bits per heavy atom. The minimum Gasteiger partial charge on any atom is -0.481 e. The lowest BCUT2D eigenvalue weighted by Gasteiger charge is -2.43. The van der Waals surface area contributed by atoms with Crippen LogP contribution in [0.3, 0.4) is 0 Å². The summed E-state index contributed by atoms with van der Waals surface area (Å²) >= 11 is 0. The molecule has 1 fully saturated rings. The molecule has 0 spiro atoms. The first-order valence-corrected chi connectivity index (χ1v) is 4.99. The molecule has 2 nitrogen and oxygen atoms in total. The first-order chi connectivity index (χ1) is 5.75. The van der Waals surface area contributed by atoms with Crippen LogP contribution in [0, 0.1) is 16.7 Å². The lowest BCUT2D eigenvalue weighted by atomic mass is 9.61. The van der Waals surface area contributed by atoms with Crippen molar-refractivity contribution in [3.8, 4) is 0 Å². The van der Waals surface area contributed by atoms with Crippen molar-refractivity contribution >= 4 is 5.97 Å². The molecule has 0 radical (unpaired) electrons. The van der Waals surface area contributed by atoms with E-state index in [2.05, 4.69) is 20.8 Å². The van der Waals surface area contributed by atoms with E-state index < -0.39 is 11.4 Å². The third kappa shape index (κ3) is 2.23. The highest BCUT2D eigenvalue weighted by Gasteiger charge is 2.44. The van der Waals surface area contributed by atoms with E-state index in [9.17, 15) is 4.79 Å². The van der Waals surface area contributed by atoms with Crippen LogP contribution in [0.5, 0.6) is 0 Å². The van der Waals surface area contributed by atoms with E-state index in [4.69, 9.17) is 5.11 Å².